The van der Waals surface area contributed by atoms with E-state index in [1.54, 1.807) is 50.6 Å². The van der Waals surface area contributed by atoms with E-state index in [4.69, 9.17) is 14.2 Å². The van der Waals surface area contributed by atoms with E-state index in [9.17, 15) is 15.3 Å². The summed E-state index contributed by atoms with van der Waals surface area (Å²) in [5.74, 6) is 1.59. The molecular formula is C23H22O6. The third-order valence-electron chi connectivity index (χ3n) is 5.31. The van der Waals surface area contributed by atoms with Crippen LogP contribution in [0.1, 0.15) is 28.5 Å². The van der Waals surface area contributed by atoms with Gasteiger partial charge in [-0.15, -0.1) is 0 Å². The van der Waals surface area contributed by atoms with Crippen LogP contribution in [0, 0.1) is 0 Å². The summed E-state index contributed by atoms with van der Waals surface area (Å²) >= 11 is 0. The van der Waals surface area contributed by atoms with Gasteiger partial charge in [0.1, 0.15) is 34.5 Å². The zero-order valence-electron chi connectivity index (χ0n) is 16.1. The van der Waals surface area contributed by atoms with Gasteiger partial charge in [-0.25, -0.2) is 0 Å². The van der Waals surface area contributed by atoms with E-state index in [2.05, 4.69) is 0 Å². The lowest BCUT2D eigenvalue weighted by molar-refractivity contribution is 0.243. The van der Waals surface area contributed by atoms with Crippen molar-refractivity contribution in [1.82, 2.24) is 0 Å². The molecule has 0 aliphatic carbocycles. The van der Waals surface area contributed by atoms with Crippen molar-refractivity contribution in [1.29, 1.82) is 0 Å². The Morgan fingerprint density at radius 1 is 0.793 bits per heavy atom. The second-order valence-corrected chi connectivity index (χ2v) is 6.97. The maximum Gasteiger partial charge on any atom is 0.130 e. The second-order valence-electron chi connectivity index (χ2n) is 6.97. The number of methoxy groups -OCH3 is 2. The first-order chi connectivity index (χ1) is 14.0. The van der Waals surface area contributed by atoms with Gasteiger partial charge in [0.05, 0.1) is 20.8 Å². The van der Waals surface area contributed by atoms with Crippen LogP contribution in [-0.2, 0) is 0 Å². The van der Waals surface area contributed by atoms with Gasteiger partial charge < -0.3 is 29.5 Å². The van der Waals surface area contributed by atoms with Crippen LogP contribution in [0.15, 0.2) is 54.6 Å². The normalized spacial score (nSPS) is 17.9. The molecule has 1 heterocycles. The molecule has 4 rings (SSSR count). The Bertz CT molecular complexity index is 1000. The number of phenols is 3. The Morgan fingerprint density at radius 3 is 2.03 bits per heavy atom. The minimum Gasteiger partial charge on any atom is -0.508 e. The fraction of sp³-hybridized carbons (Fsp3) is 0.217. The van der Waals surface area contributed by atoms with Crippen LogP contribution in [0.3, 0.4) is 0 Å². The Balaban J connectivity index is 1.96. The Hall–Kier alpha value is -3.54. The molecule has 0 unspecified atom stereocenters. The summed E-state index contributed by atoms with van der Waals surface area (Å²) in [4.78, 5) is 0. The van der Waals surface area contributed by atoms with Gasteiger partial charge in [-0.05, 0) is 23.8 Å². The maximum atomic E-state index is 10.1. The molecule has 2 atom stereocenters. The van der Waals surface area contributed by atoms with Gasteiger partial charge >= 0.3 is 0 Å². The average molecular weight is 394 g/mol. The molecule has 6 heteroatoms. The molecule has 29 heavy (non-hydrogen) atoms. The van der Waals surface area contributed by atoms with E-state index >= 15 is 0 Å². The Morgan fingerprint density at radius 2 is 1.41 bits per heavy atom. The second kappa shape index (κ2) is 7.47. The predicted molar refractivity (Wildman–Crippen MR) is 108 cm³/mol. The third kappa shape index (κ3) is 3.38. The minimum absolute atomic E-state index is 0.0432. The lowest BCUT2D eigenvalue weighted by atomic mass is 9.75. The van der Waals surface area contributed by atoms with Crippen molar-refractivity contribution >= 4 is 0 Å². The van der Waals surface area contributed by atoms with Crippen molar-refractivity contribution in [3.63, 3.8) is 0 Å². The van der Waals surface area contributed by atoms with Gasteiger partial charge in [0.15, 0.2) is 0 Å². The smallest absolute Gasteiger partial charge is 0.130 e. The molecule has 0 aromatic heterocycles. The number of ether oxygens (including phenoxy) is 3. The van der Waals surface area contributed by atoms with Gasteiger partial charge in [-0.3, -0.25) is 0 Å². The largest absolute Gasteiger partial charge is 0.508 e. The molecule has 0 spiro atoms. The molecule has 0 saturated carbocycles. The van der Waals surface area contributed by atoms with Crippen molar-refractivity contribution in [3.8, 4) is 34.5 Å². The zero-order chi connectivity index (χ0) is 20.5. The summed E-state index contributed by atoms with van der Waals surface area (Å²) < 4.78 is 17.2. The van der Waals surface area contributed by atoms with Crippen molar-refractivity contribution in [2.24, 2.45) is 0 Å². The van der Waals surface area contributed by atoms with Gasteiger partial charge in [0.2, 0.25) is 0 Å². The topological polar surface area (TPSA) is 88.4 Å². The molecule has 0 fully saturated rings. The van der Waals surface area contributed by atoms with E-state index < -0.39 is 0 Å². The fourth-order valence-electron chi connectivity index (χ4n) is 4.00. The lowest BCUT2D eigenvalue weighted by Gasteiger charge is -2.35. The van der Waals surface area contributed by atoms with Gasteiger partial charge in [0, 0.05) is 41.2 Å². The molecule has 150 valence electrons. The molecule has 0 bridgehead atoms. The fourth-order valence-corrected chi connectivity index (χ4v) is 4.00. The standard InChI is InChI=1S/C23H22O6/c1-27-20-10-16(26)11-21(28-2)23(20)22-17-8-7-15(25)9-19(17)29-12-18(22)13-3-5-14(24)6-4-13/h3-11,18,22,24-26H,12H2,1-2H3/t18-,22-/m1/s1. The molecule has 6 nitrogen and oxygen atoms in total. The highest BCUT2D eigenvalue weighted by Crippen LogP contribution is 2.52. The molecule has 3 N–H and O–H groups in total. The minimum atomic E-state index is -0.227. The van der Waals surface area contributed by atoms with Crippen LogP contribution in [0.2, 0.25) is 0 Å². The molecule has 0 saturated heterocycles. The first-order valence-corrected chi connectivity index (χ1v) is 9.21. The maximum absolute atomic E-state index is 10.1. The van der Waals surface area contributed by atoms with Gasteiger partial charge in [0.25, 0.3) is 0 Å². The molecule has 3 aromatic rings. The quantitative estimate of drug-likeness (QED) is 0.617. The first-order valence-electron chi connectivity index (χ1n) is 9.21. The summed E-state index contributed by atoms with van der Waals surface area (Å²) in [6, 6.07) is 15.2. The summed E-state index contributed by atoms with van der Waals surface area (Å²) in [5.41, 5.74) is 2.62. The van der Waals surface area contributed by atoms with Crippen molar-refractivity contribution in [2.45, 2.75) is 11.8 Å². The number of rotatable bonds is 4. The van der Waals surface area contributed by atoms with E-state index in [1.807, 2.05) is 18.2 Å². The zero-order valence-corrected chi connectivity index (χ0v) is 16.1. The van der Waals surface area contributed by atoms with Crippen LogP contribution in [0.5, 0.6) is 34.5 Å². The highest BCUT2D eigenvalue weighted by atomic mass is 16.5. The Kier molecular flexibility index (Phi) is 4.84. The van der Waals surface area contributed by atoms with Crippen LogP contribution < -0.4 is 14.2 Å². The summed E-state index contributed by atoms with van der Waals surface area (Å²) in [7, 11) is 3.09. The van der Waals surface area contributed by atoms with Crippen LogP contribution in [-0.4, -0.2) is 36.1 Å². The third-order valence-corrected chi connectivity index (χ3v) is 5.31. The highest BCUT2D eigenvalue weighted by molar-refractivity contribution is 5.59. The number of benzene rings is 3. The number of hydrogen-bond donors (Lipinski definition) is 3. The SMILES string of the molecule is COc1cc(O)cc(OC)c1[C@@H]1c2ccc(O)cc2OC[C@@H]1c1ccc(O)cc1. The number of aromatic hydroxyl groups is 3. The van der Waals surface area contributed by atoms with E-state index in [0.717, 1.165) is 16.7 Å². The average Bonchev–Trinajstić information content (AvgIpc) is 2.73. The molecule has 3 aromatic carbocycles. The molecule has 0 amide bonds. The Labute approximate surface area is 168 Å². The summed E-state index contributed by atoms with van der Waals surface area (Å²) in [6.07, 6.45) is 0. The van der Waals surface area contributed by atoms with Crippen molar-refractivity contribution in [3.05, 3.63) is 71.3 Å². The van der Waals surface area contributed by atoms with E-state index in [0.29, 0.717) is 23.9 Å². The van der Waals surface area contributed by atoms with Gasteiger partial charge in [-0.1, -0.05) is 18.2 Å². The van der Waals surface area contributed by atoms with Crippen LogP contribution in [0.25, 0.3) is 0 Å². The lowest BCUT2D eigenvalue weighted by Crippen LogP contribution is -2.26. The number of phenolic OH excluding ortho intramolecular Hbond substituents is 3. The first kappa shape index (κ1) is 18.8. The summed E-state index contributed by atoms with van der Waals surface area (Å²) in [5, 5.41) is 29.7. The molecule has 0 radical (unpaired) electrons. The van der Waals surface area contributed by atoms with E-state index in [-0.39, 0.29) is 29.1 Å². The number of hydrogen-bond acceptors (Lipinski definition) is 6. The van der Waals surface area contributed by atoms with Crippen LogP contribution in [0.4, 0.5) is 0 Å². The van der Waals surface area contributed by atoms with Crippen molar-refractivity contribution < 1.29 is 29.5 Å². The summed E-state index contributed by atoms with van der Waals surface area (Å²) in [6.45, 7) is 0.360. The highest BCUT2D eigenvalue weighted by Gasteiger charge is 2.37. The van der Waals surface area contributed by atoms with E-state index in [1.165, 1.54) is 0 Å². The number of fused-ring (bicyclic) bond motifs is 1. The molecular weight excluding hydrogens is 372 g/mol. The monoisotopic (exact) mass is 394 g/mol. The van der Waals surface area contributed by atoms with Crippen molar-refractivity contribution in [2.75, 3.05) is 20.8 Å². The molecule has 1 aliphatic rings. The van der Waals surface area contributed by atoms with Crippen LogP contribution >= 0.6 is 0 Å². The molecule has 1 aliphatic heterocycles. The van der Waals surface area contributed by atoms with Gasteiger partial charge in [-0.2, -0.15) is 0 Å². The predicted octanol–water partition coefficient (Wildman–Crippen LogP) is 4.13.